The first kappa shape index (κ1) is 9.28. The van der Waals surface area contributed by atoms with Crippen molar-refractivity contribution >= 4 is 0 Å². The van der Waals surface area contributed by atoms with Gasteiger partial charge in [-0.3, -0.25) is 0 Å². The molecule has 0 radical (unpaired) electrons. The van der Waals surface area contributed by atoms with Crippen LogP contribution in [0.1, 0.15) is 26.7 Å². The molecule has 0 bridgehead atoms. The van der Waals surface area contributed by atoms with Gasteiger partial charge in [-0.15, -0.1) is 0 Å². The summed E-state index contributed by atoms with van der Waals surface area (Å²) in [5.74, 6) is 0. The molecule has 0 amide bonds. The zero-order valence-corrected chi connectivity index (χ0v) is 6.89. The van der Waals surface area contributed by atoms with Crippen LogP contribution in [-0.4, -0.2) is 6.61 Å². The van der Waals surface area contributed by atoms with Crippen LogP contribution in [0.5, 0.6) is 0 Å². The van der Waals surface area contributed by atoms with E-state index in [1.165, 1.54) is 6.42 Å². The maximum absolute atomic E-state index is 5.19. The van der Waals surface area contributed by atoms with Crippen LogP contribution in [-0.2, 0) is 4.74 Å². The molecule has 0 rings (SSSR count). The molecule has 0 unspecified atom stereocenters. The minimum atomic E-state index is 0.821. The molecule has 58 valence electrons. The van der Waals surface area contributed by atoms with Gasteiger partial charge in [0.1, 0.15) is 0 Å². The first-order chi connectivity index (χ1) is 4.81. The fourth-order valence-electron chi connectivity index (χ4n) is 0.466. The molecule has 0 saturated carbocycles. The molecule has 0 aromatic heterocycles. The molecule has 0 saturated heterocycles. The largest absolute Gasteiger partial charge is 0.501 e. The summed E-state index contributed by atoms with van der Waals surface area (Å²) in [6.45, 7) is 8.55. The van der Waals surface area contributed by atoms with Crippen molar-refractivity contribution in [3.63, 3.8) is 0 Å². The lowest BCUT2D eigenvalue weighted by atomic mass is 10.3. The number of unbranched alkanes of at least 4 members (excludes halogenated alkanes) is 1. The van der Waals surface area contributed by atoms with Gasteiger partial charge in [0.05, 0.1) is 12.9 Å². The summed E-state index contributed by atoms with van der Waals surface area (Å²) < 4.78 is 5.19. The maximum atomic E-state index is 5.19. The van der Waals surface area contributed by atoms with E-state index < -0.39 is 0 Å². The third-order valence-electron chi connectivity index (χ3n) is 1.21. The Morgan fingerprint density at radius 1 is 1.60 bits per heavy atom. The van der Waals surface area contributed by atoms with Gasteiger partial charge in [-0.25, -0.2) is 0 Å². The number of hydrogen-bond donors (Lipinski definition) is 0. The van der Waals surface area contributed by atoms with E-state index in [-0.39, 0.29) is 0 Å². The second-order valence-corrected chi connectivity index (χ2v) is 2.29. The van der Waals surface area contributed by atoms with E-state index in [1.54, 1.807) is 12.3 Å². The Kier molecular flexibility index (Phi) is 5.94. The first-order valence-electron chi connectivity index (χ1n) is 3.72. The summed E-state index contributed by atoms with van der Waals surface area (Å²) in [6, 6.07) is 0. The summed E-state index contributed by atoms with van der Waals surface area (Å²) in [5, 5.41) is 0. The molecule has 10 heavy (non-hydrogen) atoms. The fraction of sp³-hybridized carbons (Fsp3) is 0.556. The molecule has 1 heteroatoms. The zero-order chi connectivity index (χ0) is 7.82. The first-order valence-corrected chi connectivity index (χ1v) is 3.72. The fourth-order valence-corrected chi connectivity index (χ4v) is 0.466. The maximum Gasteiger partial charge on any atom is 0.0873 e. The van der Waals surface area contributed by atoms with E-state index in [1.807, 2.05) is 6.92 Å². The van der Waals surface area contributed by atoms with Crippen LogP contribution >= 0.6 is 0 Å². The van der Waals surface area contributed by atoms with Gasteiger partial charge >= 0.3 is 0 Å². The molecule has 0 heterocycles. The molecule has 0 spiro atoms. The third-order valence-corrected chi connectivity index (χ3v) is 1.21. The highest BCUT2D eigenvalue weighted by Crippen LogP contribution is 1.94. The zero-order valence-electron chi connectivity index (χ0n) is 6.89. The normalized spacial score (nSPS) is 11.2. The van der Waals surface area contributed by atoms with Crippen molar-refractivity contribution in [2.45, 2.75) is 26.7 Å². The Hall–Kier alpha value is -0.720. The van der Waals surface area contributed by atoms with Crippen LogP contribution in [0.4, 0.5) is 0 Å². The van der Waals surface area contributed by atoms with Crippen molar-refractivity contribution in [2.24, 2.45) is 0 Å². The van der Waals surface area contributed by atoms with Gasteiger partial charge in [-0.1, -0.05) is 26.0 Å². The Balaban J connectivity index is 3.24. The van der Waals surface area contributed by atoms with E-state index in [4.69, 9.17) is 4.74 Å². The van der Waals surface area contributed by atoms with Crippen molar-refractivity contribution < 1.29 is 4.74 Å². The van der Waals surface area contributed by atoms with E-state index >= 15 is 0 Å². The molecule has 0 aliphatic rings. The predicted octanol–water partition coefficient (Wildman–Crippen LogP) is 2.89. The van der Waals surface area contributed by atoms with Gasteiger partial charge in [0, 0.05) is 0 Å². The van der Waals surface area contributed by atoms with Crippen LogP contribution in [0, 0.1) is 0 Å². The Morgan fingerprint density at radius 3 is 2.80 bits per heavy atom. The second kappa shape index (κ2) is 6.40. The minimum Gasteiger partial charge on any atom is -0.501 e. The number of rotatable bonds is 5. The van der Waals surface area contributed by atoms with Crippen LogP contribution in [0.15, 0.2) is 24.5 Å². The van der Waals surface area contributed by atoms with Crippen LogP contribution < -0.4 is 0 Å². The van der Waals surface area contributed by atoms with Crippen molar-refractivity contribution in [1.29, 1.82) is 0 Å². The third kappa shape index (κ3) is 5.42. The van der Waals surface area contributed by atoms with E-state index in [0.29, 0.717) is 0 Å². The summed E-state index contributed by atoms with van der Waals surface area (Å²) >= 11 is 0. The Bertz CT molecular complexity index is 114. The minimum absolute atomic E-state index is 0.821. The van der Waals surface area contributed by atoms with Crippen molar-refractivity contribution in [1.82, 2.24) is 0 Å². The standard InChI is InChI=1S/C9H16O/c1-4-6-7-10-8-9(3)5-2/h5,8H,2,4,6-7H2,1,3H3. The van der Waals surface area contributed by atoms with Crippen molar-refractivity contribution in [3.8, 4) is 0 Å². The molecule has 0 N–H and O–H groups in total. The molecular formula is C9H16O. The lowest BCUT2D eigenvalue weighted by Crippen LogP contribution is -1.85. The number of allylic oxidation sites excluding steroid dienone is 2. The second-order valence-electron chi connectivity index (χ2n) is 2.29. The van der Waals surface area contributed by atoms with Gasteiger partial charge in [-0.2, -0.15) is 0 Å². The molecule has 0 fully saturated rings. The van der Waals surface area contributed by atoms with Crippen molar-refractivity contribution in [3.05, 3.63) is 24.5 Å². The van der Waals surface area contributed by atoms with Gasteiger partial charge in [-0.05, 0) is 18.9 Å². The lowest BCUT2D eigenvalue weighted by Gasteiger charge is -1.98. The molecular weight excluding hydrogens is 124 g/mol. The quantitative estimate of drug-likeness (QED) is 0.324. The molecule has 0 aromatic carbocycles. The lowest BCUT2D eigenvalue weighted by molar-refractivity contribution is 0.241. The molecule has 0 aliphatic carbocycles. The van der Waals surface area contributed by atoms with E-state index in [2.05, 4.69) is 13.5 Å². The van der Waals surface area contributed by atoms with Gasteiger partial charge in [0.2, 0.25) is 0 Å². The summed E-state index contributed by atoms with van der Waals surface area (Å²) in [5.41, 5.74) is 1.08. The van der Waals surface area contributed by atoms with Crippen LogP contribution in [0.25, 0.3) is 0 Å². The van der Waals surface area contributed by atoms with Gasteiger partial charge in [0.25, 0.3) is 0 Å². The average Bonchev–Trinajstić information content (AvgIpc) is 1.98. The summed E-state index contributed by atoms with van der Waals surface area (Å²) in [4.78, 5) is 0. The highest BCUT2D eigenvalue weighted by atomic mass is 16.5. The number of hydrogen-bond acceptors (Lipinski definition) is 1. The average molecular weight is 140 g/mol. The van der Waals surface area contributed by atoms with E-state index in [9.17, 15) is 0 Å². The van der Waals surface area contributed by atoms with E-state index in [0.717, 1.165) is 18.6 Å². The smallest absolute Gasteiger partial charge is 0.0873 e. The molecule has 1 nitrogen and oxygen atoms in total. The highest BCUT2D eigenvalue weighted by molar-refractivity contribution is 5.09. The SMILES string of the molecule is C=CC(C)=COCCCC. The predicted molar refractivity (Wildman–Crippen MR) is 44.8 cm³/mol. The topological polar surface area (TPSA) is 9.23 Å². The van der Waals surface area contributed by atoms with Crippen LogP contribution in [0.3, 0.4) is 0 Å². The molecule has 0 aromatic rings. The van der Waals surface area contributed by atoms with Gasteiger partial charge in [0.15, 0.2) is 0 Å². The Labute approximate surface area is 63.4 Å². The number of ether oxygens (including phenoxy) is 1. The molecule has 0 atom stereocenters. The van der Waals surface area contributed by atoms with Crippen LogP contribution in [0.2, 0.25) is 0 Å². The monoisotopic (exact) mass is 140 g/mol. The highest BCUT2D eigenvalue weighted by Gasteiger charge is 1.81. The molecule has 0 aliphatic heterocycles. The van der Waals surface area contributed by atoms with Gasteiger partial charge < -0.3 is 4.74 Å². The summed E-state index contributed by atoms with van der Waals surface area (Å²) in [6.07, 6.45) is 5.84. The summed E-state index contributed by atoms with van der Waals surface area (Å²) in [7, 11) is 0. The Morgan fingerprint density at radius 2 is 2.30 bits per heavy atom. The van der Waals surface area contributed by atoms with Crippen molar-refractivity contribution in [2.75, 3.05) is 6.61 Å².